The maximum Gasteiger partial charge on any atom is 0.286 e. The van der Waals surface area contributed by atoms with Crippen LogP contribution >= 0.6 is 11.3 Å². The van der Waals surface area contributed by atoms with Gasteiger partial charge in [0.25, 0.3) is 5.91 Å². The number of carbonyl (C=O) groups excluding carboxylic acids is 1. The lowest BCUT2D eigenvalue weighted by molar-refractivity contribution is 0.102. The third kappa shape index (κ3) is 2.48. The second-order valence-corrected chi connectivity index (χ2v) is 4.87. The lowest BCUT2D eigenvalue weighted by atomic mass is 10.1. The van der Waals surface area contributed by atoms with Crippen LogP contribution in [0.15, 0.2) is 18.2 Å². The monoisotopic (exact) mass is 262 g/mol. The van der Waals surface area contributed by atoms with Gasteiger partial charge in [0.15, 0.2) is 0 Å². The number of hydrogen-bond donors (Lipinski definition) is 2. The van der Waals surface area contributed by atoms with Gasteiger partial charge in [0, 0.05) is 5.69 Å². The molecule has 6 heteroatoms. The Hall–Kier alpha value is -1.95. The summed E-state index contributed by atoms with van der Waals surface area (Å²) in [4.78, 5) is 12.0. The predicted octanol–water partition coefficient (Wildman–Crippen LogP) is 2.24. The van der Waals surface area contributed by atoms with Crippen LogP contribution in [0, 0.1) is 6.92 Å². The van der Waals surface area contributed by atoms with Gasteiger partial charge >= 0.3 is 0 Å². The molecule has 0 fully saturated rings. The van der Waals surface area contributed by atoms with Crippen molar-refractivity contribution in [1.82, 2.24) is 10.2 Å². The molecule has 0 radical (unpaired) electrons. The van der Waals surface area contributed by atoms with Crippen LogP contribution in [0.2, 0.25) is 0 Å². The zero-order valence-electron chi connectivity index (χ0n) is 10.2. The molecular formula is C12H14N4OS. The quantitative estimate of drug-likeness (QED) is 0.889. The van der Waals surface area contributed by atoms with Crippen molar-refractivity contribution in [1.29, 1.82) is 0 Å². The van der Waals surface area contributed by atoms with Crippen LogP contribution in [0.1, 0.15) is 27.9 Å². The topological polar surface area (TPSA) is 80.9 Å². The van der Waals surface area contributed by atoms with Gasteiger partial charge in [-0.3, -0.25) is 4.79 Å². The van der Waals surface area contributed by atoms with Crippen molar-refractivity contribution >= 4 is 28.1 Å². The summed E-state index contributed by atoms with van der Waals surface area (Å²) in [6.45, 7) is 4.01. The molecule has 1 aromatic carbocycles. The lowest BCUT2D eigenvalue weighted by Crippen LogP contribution is -2.14. The van der Waals surface area contributed by atoms with Gasteiger partial charge in [0.05, 0.1) is 0 Å². The zero-order chi connectivity index (χ0) is 13.1. The molecule has 0 aliphatic rings. The van der Waals surface area contributed by atoms with Gasteiger partial charge in [0.1, 0.15) is 0 Å². The first-order valence-corrected chi connectivity index (χ1v) is 6.42. The van der Waals surface area contributed by atoms with E-state index in [4.69, 9.17) is 5.73 Å². The Kier molecular flexibility index (Phi) is 3.57. The van der Waals surface area contributed by atoms with Crippen LogP contribution in [-0.2, 0) is 6.42 Å². The Morgan fingerprint density at radius 1 is 1.44 bits per heavy atom. The third-order valence-corrected chi connectivity index (χ3v) is 3.36. The number of hydrogen-bond acceptors (Lipinski definition) is 5. The second-order valence-electron chi connectivity index (χ2n) is 3.86. The van der Waals surface area contributed by atoms with Crippen LogP contribution in [-0.4, -0.2) is 16.1 Å². The summed E-state index contributed by atoms with van der Waals surface area (Å²) in [5.41, 5.74) is 8.43. The number of aromatic nitrogens is 2. The van der Waals surface area contributed by atoms with Crippen LogP contribution in [0.25, 0.3) is 0 Å². The van der Waals surface area contributed by atoms with Crippen LogP contribution < -0.4 is 11.1 Å². The molecule has 2 rings (SSSR count). The predicted molar refractivity (Wildman–Crippen MR) is 72.8 cm³/mol. The molecule has 1 amide bonds. The van der Waals surface area contributed by atoms with E-state index in [0.29, 0.717) is 5.13 Å². The Labute approximate surface area is 109 Å². The maximum atomic E-state index is 12.0. The van der Waals surface area contributed by atoms with Crippen LogP contribution in [0.5, 0.6) is 0 Å². The zero-order valence-corrected chi connectivity index (χ0v) is 11.0. The number of aryl methyl sites for hydroxylation is 2. The number of benzene rings is 1. The van der Waals surface area contributed by atoms with Gasteiger partial charge in [-0.25, -0.2) is 0 Å². The first-order valence-electron chi connectivity index (χ1n) is 5.60. The van der Waals surface area contributed by atoms with Gasteiger partial charge in [0.2, 0.25) is 10.1 Å². The smallest absolute Gasteiger partial charge is 0.286 e. The van der Waals surface area contributed by atoms with E-state index in [9.17, 15) is 4.79 Å². The molecule has 1 heterocycles. The summed E-state index contributed by atoms with van der Waals surface area (Å²) in [6, 6.07) is 5.94. The molecule has 0 atom stereocenters. The van der Waals surface area contributed by atoms with Gasteiger partial charge in [-0.2, -0.15) is 0 Å². The molecule has 94 valence electrons. The van der Waals surface area contributed by atoms with Gasteiger partial charge in [-0.15, -0.1) is 10.2 Å². The minimum atomic E-state index is -0.270. The summed E-state index contributed by atoms with van der Waals surface area (Å²) in [5.74, 6) is -0.270. The molecule has 0 unspecified atom stereocenters. The molecule has 5 nitrogen and oxygen atoms in total. The van der Waals surface area contributed by atoms with Crippen molar-refractivity contribution < 1.29 is 4.79 Å². The fourth-order valence-corrected chi connectivity index (χ4v) is 2.20. The highest BCUT2D eigenvalue weighted by molar-refractivity contribution is 7.16. The number of nitrogens with two attached hydrogens (primary N) is 1. The standard InChI is InChI=1S/C12H14N4OS/c1-3-8-6-4-5-7(2)9(8)14-10(17)11-15-16-12(13)18-11/h4-6H,3H2,1-2H3,(H2,13,16)(H,14,17). The number of amides is 1. The van der Waals surface area contributed by atoms with Crippen LogP contribution in [0.4, 0.5) is 10.8 Å². The van der Waals surface area contributed by atoms with E-state index < -0.39 is 0 Å². The molecule has 2 aromatic rings. The molecule has 18 heavy (non-hydrogen) atoms. The van der Waals surface area contributed by atoms with E-state index in [1.807, 2.05) is 32.0 Å². The summed E-state index contributed by atoms with van der Waals surface area (Å²) < 4.78 is 0. The van der Waals surface area contributed by atoms with E-state index in [-0.39, 0.29) is 10.9 Å². The molecule has 0 saturated carbocycles. The van der Waals surface area contributed by atoms with Crippen molar-refractivity contribution in [2.75, 3.05) is 11.1 Å². The number of para-hydroxylation sites is 1. The lowest BCUT2D eigenvalue weighted by Gasteiger charge is -2.11. The number of anilines is 2. The molecule has 3 N–H and O–H groups in total. The molecule has 0 spiro atoms. The van der Waals surface area contributed by atoms with Gasteiger partial charge in [-0.05, 0) is 24.5 Å². The molecule has 0 aliphatic heterocycles. The summed E-state index contributed by atoms with van der Waals surface area (Å²) in [5, 5.41) is 10.8. The van der Waals surface area contributed by atoms with Crippen molar-refractivity contribution in [3.63, 3.8) is 0 Å². The number of rotatable bonds is 3. The Morgan fingerprint density at radius 2 is 2.22 bits per heavy atom. The average molecular weight is 262 g/mol. The fourth-order valence-electron chi connectivity index (χ4n) is 1.70. The minimum Gasteiger partial charge on any atom is -0.374 e. The number of nitrogens with one attached hydrogen (secondary N) is 1. The minimum absolute atomic E-state index is 0.270. The highest BCUT2D eigenvalue weighted by Crippen LogP contribution is 2.22. The first-order chi connectivity index (χ1) is 8.61. The maximum absolute atomic E-state index is 12.0. The molecule has 0 saturated heterocycles. The molecule has 0 bridgehead atoms. The summed E-state index contributed by atoms with van der Waals surface area (Å²) >= 11 is 1.08. The van der Waals surface area contributed by atoms with E-state index in [2.05, 4.69) is 15.5 Å². The Balaban J connectivity index is 2.26. The summed E-state index contributed by atoms with van der Waals surface area (Å²) in [7, 11) is 0. The third-order valence-electron chi connectivity index (χ3n) is 2.61. The van der Waals surface area contributed by atoms with E-state index in [0.717, 1.165) is 34.6 Å². The number of nitrogens with zero attached hydrogens (tertiary/aromatic N) is 2. The van der Waals surface area contributed by atoms with E-state index in [1.165, 1.54) is 0 Å². The van der Waals surface area contributed by atoms with Crippen molar-refractivity contribution in [3.8, 4) is 0 Å². The largest absolute Gasteiger partial charge is 0.374 e. The molecule has 1 aromatic heterocycles. The molecular weight excluding hydrogens is 248 g/mol. The SMILES string of the molecule is CCc1cccc(C)c1NC(=O)c1nnc(N)s1. The van der Waals surface area contributed by atoms with Gasteiger partial charge in [-0.1, -0.05) is 36.5 Å². The van der Waals surface area contributed by atoms with E-state index >= 15 is 0 Å². The van der Waals surface area contributed by atoms with Gasteiger partial charge < -0.3 is 11.1 Å². The van der Waals surface area contributed by atoms with Crippen molar-refractivity contribution in [2.45, 2.75) is 20.3 Å². The Bertz CT molecular complexity index is 579. The highest BCUT2D eigenvalue weighted by atomic mass is 32.1. The fraction of sp³-hybridized carbons (Fsp3) is 0.250. The normalized spacial score (nSPS) is 10.3. The number of nitrogen functional groups attached to an aromatic ring is 1. The van der Waals surface area contributed by atoms with Crippen LogP contribution in [0.3, 0.4) is 0 Å². The number of carbonyl (C=O) groups is 1. The second kappa shape index (κ2) is 5.14. The summed E-state index contributed by atoms with van der Waals surface area (Å²) in [6.07, 6.45) is 0.857. The van der Waals surface area contributed by atoms with E-state index in [1.54, 1.807) is 0 Å². The average Bonchev–Trinajstić information content (AvgIpc) is 2.78. The molecule has 0 aliphatic carbocycles. The Morgan fingerprint density at radius 3 is 2.83 bits per heavy atom. The first kappa shape index (κ1) is 12.5. The van der Waals surface area contributed by atoms with Crippen molar-refractivity contribution in [2.24, 2.45) is 0 Å². The van der Waals surface area contributed by atoms with Crippen molar-refractivity contribution in [3.05, 3.63) is 34.3 Å². The highest BCUT2D eigenvalue weighted by Gasteiger charge is 2.14.